The molecule has 1 heterocycles. The molecule has 154 valence electrons. The lowest BCUT2D eigenvalue weighted by Gasteiger charge is -2.09. The Morgan fingerprint density at radius 2 is 1.47 bits per heavy atom. The Bertz CT molecular complexity index is 1110. The van der Waals surface area contributed by atoms with E-state index in [1.54, 1.807) is 30.3 Å². The van der Waals surface area contributed by atoms with Gasteiger partial charge in [0.15, 0.2) is 5.96 Å². The molecule has 0 amide bonds. The van der Waals surface area contributed by atoms with Crippen LogP contribution < -0.4 is 15.4 Å². The average Bonchev–Trinajstić information content (AvgIpc) is 3.28. The molecule has 4 rings (SSSR count). The van der Waals surface area contributed by atoms with Crippen molar-refractivity contribution in [2.24, 2.45) is 4.99 Å². The quantitative estimate of drug-likeness (QED) is 0.548. The number of sulfonamides is 1. The first-order valence-corrected chi connectivity index (χ1v) is 11.3. The van der Waals surface area contributed by atoms with Crippen LogP contribution in [0.2, 0.25) is 0 Å². The molecule has 30 heavy (non-hydrogen) atoms. The lowest BCUT2D eigenvalue weighted by molar-refractivity contribution is 0.581. The zero-order chi connectivity index (χ0) is 20.8. The fourth-order valence-electron chi connectivity index (χ4n) is 3.20. The van der Waals surface area contributed by atoms with E-state index in [-0.39, 0.29) is 11.4 Å². The number of aliphatic imine (C=N–C) groups is 1. The van der Waals surface area contributed by atoms with E-state index in [1.807, 2.05) is 36.4 Å². The van der Waals surface area contributed by atoms with Gasteiger partial charge in [-0.3, -0.25) is 4.99 Å². The normalized spacial score (nSPS) is 13.5. The van der Waals surface area contributed by atoms with Crippen LogP contribution in [0.25, 0.3) is 0 Å². The number of hydrogen-bond donors (Lipinski definition) is 3. The fraction of sp³-hybridized carbons (Fsp3) is 0.174. The second-order valence-electron chi connectivity index (χ2n) is 7.11. The van der Waals surface area contributed by atoms with E-state index in [0.29, 0.717) is 0 Å². The van der Waals surface area contributed by atoms with Crippen molar-refractivity contribution in [1.29, 1.82) is 0 Å². The van der Waals surface area contributed by atoms with Crippen molar-refractivity contribution < 1.29 is 8.42 Å². The first-order chi connectivity index (χ1) is 14.6. The summed E-state index contributed by atoms with van der Waals surface area (Å²) < 4.78 is 27.3. The maximum absolute atomic E-state index is 12.3. The molecule has 0 atom stereocenters. The van der Waals surface area contributed by atoms with Gasteiger partial charge in [0.2, 0.25) is 10.0 Å². The summed E-state index contributed by atoms with van der Waals surface area (Å²) in [5.41, 5.74) is 4.31. The van der Waals surface area contributed by atoms with Crippen LogP contribution in [0.5, 0.6) is 0 Å². The fourth-order valence-corrected chi connectivity index (χ4v) is 4.24. The molecule has 0 spiro atoms. The summed E-state index contributed by atoms with van der Waals surface area (Å²) in [5.74, 6) is 0.821. The zero-order valence-electron chi connectivity index (χ0n) is 16.5. The minimum atomic E-state index is -3.50. The molecule has 0 saturated heterocycles. The van der Waals surface area contributed by atoms with E-state index in [2.05, 4.69) is 32.5 Å². The highest BCUT2D eigenvalue weighted by atomic mass is 32.2. The summed E-state index contributed by atoms with van der Waals surface area (Å²) >= 11 is 0. The summed E-state index contributed by atoms with van der Waals surface area (Å²) in [7, 11) is -3.50. The number of benzene rings is 3. The van der Waals surface area contributed by atoms with Crippen molar-refractivity contribution in [2.75, 3.05) is 18.4 Å². The van der Waals surface area contributed by atoms with Gasteiger partial charge in [-0.1, -0.05) is 54.6 Å². The van der Waals surface area contributed by atoms with Crippen molar-refractivity contribution >= 4 is 21.7 Å². The van der Waals surface area contributed by atoms with Crippen LogP contribution in [-0.4, -0.2) is 27.5 Å². The number of guanidine groups is 1. The first kappa shape index (κ1) is 20.1. The van der Waals surface area contributed by atoms with Crippen LogP contribution in [0, 0.1) is 0 Å². The minimum absolute atomic E-state index is 0.260. The van der Waals surface area contributed by atoms with Crippen molar-refractivity contribution in [3.8, 4) is 0 Å². The topological polar surface area (TPSA) is 82.6 Å². The van der Waals surface area contributed by atoms with E-state index >= 15 is 0 Å². The Balaban J connectivity index is 1.32. The highest BCUT2D eigenvalue weighted by Gasteiger charge is 2.12. The van der Waals surface area contributed by atoms with Gasteiger partial charge in [0.25, 0.3) is 0 Å². The molecule has 3 aromatic carbocycles. The molecule has 6 nitrogen and oxygen atoms in total. The van der Waals surface area contributed by atoms with E-state index in [0.717, 1.165) is 36.7 Å². The molecule has 0 aromatic heterocycles. The van der Waals surface area contributed by atoms with Crippen LogP contribution in [0.15, 0.2) is 88.8 Å². The van der Waals surface area contributed by atoms with Gasteiger partial charge in [0.1, 0.15) is 0 Å². The number of anilines is 1. The van der Waals surface area contributed by atoms with Crippen molar-refractivity contribution in [1.82, 2.24) is 10.0 Å². The number of hydrogen-bond acceptors (Lipinski definition) is 5. The van der Waals surface area contributed by atoms with Gasteiger partial charge < -0.3 is 10.6 Å². The standard InChI is InChI=1S/C23H24N4O2S/c28-30(29,22-4-2-1-3-5-22)26-17-20-8-6-18(7-9-20)16-19-10-12-21(13-11-19)27-23-24-14-15-25-23/h1-13,26H,14-17H2,(H2,24,25,27). The smallest absolute Gasteiger partial charge is 0.240 e. The maximum Gasteiger partial charge on any atom is 0.240 e. The Hall–Kier alpha value is -3.16. The summed E-state index contributed by atoms with van der Waals surface area (Å²) in [5, 5.41) is 6.45. The Labute approximate surface area is 177 Å². The molecule has 3 aromatic rings. The second kappa shape index (κ2) is 9.11. The van der Waals surface area contributed by atoms with Gasteiger partial charge in [-0.05, 0) is 47.4 Å². The van der Waals surface area contributed by atoms with Crippen LogP contribution in [0.3, 0.4) is 0 Å². The van der Waals surface area contributed by atoms with E-state index in [4.69, 9.17) is 0 Å². The molecule has 0 bridgehead atoms. The lowest BCUT2D eigenvalue weighted by Crippen LogP contribution is -2.26. The number of nitrogens with zero attached hydrogens (tertiary/aromatic N) is 1. The van der Waals surface area contributed by atoms with Crippen molar-refractivity contribution in [2.45, 2.75) is 17.9 Å². The molecule has 1 aliphatic rings. The Morgan fingerprint density at radius 3 is 2.10 bits per heavy atom. The third-order valence-electron chi connectivity index (χ3n) is 4.84. The summed E-state index contributed by atoms with van der Waals surface area (Å²) in [4.78, 5) is 4.60. The van der Waals surface area contributed by atoms with Gasteiger partial charge in [-0.25, -0.2) is 13.1 Å². The summed E-state index contributed by atoms with van der Waals surface area (Å²) in [6.07, 6.45) is 0.815. The predicted molar refractivity (Wildman–Crippen MR) is 120 cm³/mol. The highest BCUT2D eigenvalue weighted by Crippen LogP contribution is 2.15. The molecule has 0 unspecified atom stereocenters. The summed E-state index contributed by atoms with van der Waals surface area (Å²) in [6, 6.07) is 24.7. The highest BCUT2D eigenvalue weighted by molar-refractivity contribution is 7.89. The van der Waals surface area contributed by atoms with Crippen LogP contribution in [0.4, 0.5) is 5.69 Å². The van der Waals surface area contributed by atoms with Gasteiger partial charge in [0.05, 0.1) is 11.4 Å². The van der Waals surface area contributed by atoms with Gasteiger partial charge >= 0.3 is 0 Å². The van der Waals surface area contributed by atoms with Gasteiger partial charge in [-0.2, -0.15) is 0 Å². The van der Waals surface area contributed by atoms with Gasteiger partial charge in [-0.15, -0.1) is 0 Å². The van der Waals surface area contributed by atoms with Crippen LogP contribution >= 0.6 is 0 Å². The summed E-state index contributed by atoms with van der Waals surface area (Å²) in [6.45, 7) is 1.95. The van der Waals surface area contributed by atoms with E-state index in [9.17, 15) is 8.42 Å². The number of nitrogens with one attached hydrogen (secondary N) is 3. The molecule has 0 fully saturated rings. The van der Waals surface area contributed by atoms with Crippen molar-refractivity contribution in [3.05, 3.63) is 95.6 Å². The zero-order valence-corrected chi connectivity index (χ0v) is 17.3. The SMILES string of the molecule is O=S(=O)(NCc1ccc(Cc2ccc(NC3=NCCN3)cc2)cc1)c1ccccc1. The van der Waals surface area contributed by atoms with Crippen LogP contribution in [-0.2, 0) is 23.0 Å². The minimum Gasteiger partial charge on any atom is -0.354 e. The molecular weight excluding hydrogens is 396 g/mol. The molecule has 0 saturated carbocycles. The van der Waals surface area contributed by atoms with Crippen LogP contribution in [0.1, 0.15) is 16.7 Å². The second-order valence-corrected chi connectivity index (χ2v) is 8.88. The predicted octanol–water partition coefficient (Wildman–Crippen LogP) is 3.13. The maximum atomic E-state index is 12.3. The molecule has 3 N–H and O–H groups in total. The monoisotopic (exact) mass is 420 g/mol. The molecule has 0 radical (unpaired) electrons. The molecule has 7 heteroatoms. The lowest BCUT2D eigenvalue weighted by atomic mass is 10.0. The van der Waals surface area contributed by atoms with Crippen molar-refractivity contribution in [3.63, 3.8) is 0 Å². The number of rotatable bonds is 7. The van der Waals surface area contributed by atoms with E-state index in [1.165, 1.54) is 11.1 Å². The Kier molecular flexibility index (Phi) is 6.11. The molecular formula is C23H24N4O2S. The third kappa shape index (κ3) is 5.25. The van der Waals surface area contributed by atoms with E-state index < -0.39 is 10.0 Å². The largest absolute Gasteiger partial charge is 0.354 e. The average molecular weight is 421 g/mol. The first-order valence-electron chi connectivity index (χ1n) is 9.85. The molecule has 0 aliphatic carbocycles. The molecule has 1 aliphatic heterocycles. The third-order valence-corrected chi connectivity index (χ3v) is 6.26. The Morgan fingerprint density at radius 1 is 0.833 bits per heavy atom. The van der Waals surface area contributed by atoms with Gasteiger partial charge in [0, 0.05) is 18.8 Å².